The van der Waals surface area contributed by atoms with Gasteiger partial charge in [0.25, 0.3) is 0 Å². The number of ether oxygens (including phenoxy) is 2. The summed E-state index contributed by atoms with van der Waals surface area (Å²) >= 11 is 0. The van der Waals surface area contributed by atoms with Gasteiger partial charge in [-0.05, 0) is 41.8 Å². The van der Waals surface area contributed by atoms with E-state index in [0.29, 0.717) is 18.6 Å². The molecule has 0 unspecified atom stereocenters. The summed E-state index contributed by atoms with van der Waals surface area (Å²) in [6, 6.07) is 9.63. The molecule has 0 radical (unpaired) electrons. The third kappa shape index (κ3) is 2.52. The third-order valence-corrected chi connectivity index (χ3v) is 5.01. The van der Waals surface area contributed by atoms with Crippen molar-refractivity contribution in [3.05, 3.63) is 35.9 Å². The molecular formula is C19H22O4. The van der Waals surface area contributed by atoms with Crippen molar-refractivity contribution >= 4 is 16.7 Å². The summed E-state index contributed by atoms with van der Waals surface area (Å²) in [5, 5.41) is 12.0. The quantitative estimate of drug-likeness (QED) is 0.921. The molecule has 3 rings (SSSR count). The Kier molecular flexibility index (Phi) is 4.16. The number of rotatable bonds is 4. The lowest BCUT2D eigenvalue weighted by Crippen LogP contribution is -2.38. The molecule has 23 heavy (non-hydrogen) atoms. The zero-order chi connectivity index (χ0) is 16.4. The maximum absolute atomic E-state index is 12.3. The Labute approximate surface area is 136 Å². The number of carbonyl (C=O) groups is 1. The highest BCUT2D eigenvalue weighted by molar-refractivity contribution is 5.96. The van der Waals surface area contributed by atoms with Crippen LogP contribution in [0.3, 0.4) is 0 Å². The van der Waals surface area contributed by atoms with Crippen molar-refractivity contribution in [3.63, 3.8) is 0 Å². The summed E-state index contributed by atoms with van der Waals surface area (Å²) in [7, 11) is 3.22. The monoisotopic (exact) mass is 314 g/mol. The molecular weight excluding hydrogens is 292 g/mol. The van der Waals surface area contributed by atoms with E-state index < -0.39 is 11.4 Å². The fourth-order valence-electron chi connectivity index (χ4n) is 3.80. The summed E-state index contributed by atoms with van der Waals surface area (Å²) in [6.07, 6.45) is 4.24. The molecule has 122 valence electrons. The van der Waals surface area contributed by atoms with Gasteiger partial charge in [-0.25, -0.2) is 0 Å². The van der Waals surface area contributed by atoms with Crippen molar-refractivity contribution in [1.82, 2.24) is 0 Å². The molecule has 0 saturated heterocycles. The predicted octanol–water partition coefficient (Wildman–Crippen LogP) is 4.14. The van der Waals surface area contributed by atoms with Crippen molar-refractivity contribution in [2.45, 2.75) is 37.5 Å². The van der Waals surface area contributed by atoms with Crippen LogP contribution in [0.25, 0.3) is 10.8 Å². The number of hydrogen-bond donors (Lipinski definition) is 1. The van der Waals surface area contributed by atoms with E-state index in [0.717, 1.165) is 41.3 Å². The maximum Gasteiger partial charge on any atom is 0.314 e. The van der Waals surface area contributed by atoms with Crippen LogP contribution in [-0.2, 0) is 10.2 Å². The molecule has 1 aliphatic rings. The van der Waals surface area contributed by atoms with Gasteiger partial charge in [-0.15, -0.1) is 0 Å². The Balaban J connectivity index is 2.33. The zero-order valence-electron chi connectivity index (χ0n) is 13.6. The second-order valence-corrected chi connectivity index (χ2v) is 6.18. The highest BCUT2D eigenvalue weighted by Crippen LogP contribution is 2.47. The molecule has 2 aromatic carbocycles. The van der Waals surface area contributed by atoms with Crippen LogP contribution < -0.4 is 9.47 Å². The summed E-state index contributed by atoms with van der Waals surface area (Å²) in [4.78, 5) is 12.3. The standard InChI is InChI=1S/C19H22O4/c1-22-14-8-6-13-7-9-16(23-2)17(15(13)12-14)19(18(20)21)10-4-3-5-11-19/h6-9,12H,3-5,10-11H2,1-2H3,(H,20,21). The molecule has 4 heteroatoms. The van der Waals surface area contributed by atoms with Crippen LogP contribution in [-0.4, -0.2) is 25.3 Å². The topological polar surface area (TPSA) is 55.8 Å². The molecule has 1 aliphatic carbocycles. The van der Waals surface area contributed by atoms with Gasteiger partial charge >= 0.3 is 5.97 Å². The Morgan fingerprint density at radius 1 is 1.04 bits per heavy atom. The van der Waals surface area contributed by atoms with Gasteiger partial charge in [0.1, 0.15) is 11.5 Å². The van der Waals surface area contributed by atoms with Crippen LogP contribution in [0, 0.1) is 0 Å². The second kappa shape index (κ2) is 6.11. The van der Waals surface area contributed by atoms with Gasteiger partial charge in [0, 0.05) is 5.56 Å². The van der Waals surface area contributed by atoms with E-state index in [-0.39, 0.29) is 0 Å². The SMILES string of the molecule is COc1ccc2ccc(OC)c(C3(C(=O)O)CCCCC3)c2c1. The first-order chi connectivity index (χ1) is 11.1. The Bertz CT molecular complexity index is 724. The average molecular weight is 314 g/mol. The molecule has 0 bridgehead atoms. The number of fused-ring (bicyclic) bond motifs is 1. The van der Waals surface area contributed by atoms with E-state index in [4.69, 9.17) is 9.47 Å². The first-order valence-electron chi connectivity index (χ1n) is 8.01. The van der Waals surface area contributed by atoms with E-state index in [1.54, 1.807) is 14.2 Å². The fraction of sp³-hybridized carbons (Fsp3) is 0.421. The minimum absolute atomic E-state index is 0.648. The van der Waals surface area contributed by atoms with Crippen molar-refractivity contribution in [1.29, 1.82) is 0 Å². The lowest BCUT2D eigenvalue weighted by Gasteiger charge is -2.35. The van der Waals surface area contributed by atoms with Crippen molar-refractivity contribution in [3.8, 4) is 11.5 Å². The van der Waals surface area contributed by atoms with Crippen LogP contribution >= 0.6 is 0 Å². The summed E-state index contributed by atoms with van der Waals surface area (Å²) in [5.74, 6) is 0.615. The fourth-order valence-corrected chi connectivity index (χ4v) is 3.80. The number of carboxylic acid groups (broad SMARTS) is 1. The van der Waals surface area contributed by atoms with Gasteiger partial charge in [-0.1, -0.05) is 31.4 Å². The van der Waals surface area contributed by atoms with Crippen LogP contribution in [0.15, 0.2) is 30.3 Å². The van der Waals surface area contributed by atoms with Crippen molar-refractivity contribution in [2.24, 2.45) is 0 Å². The smallest absolute Gasteiger partial charge is 0.314 e. The molecule has 0 spiro atoms. The van der Waals surface area contributed by atoms with Gasteiger partial charge in [-0.3, -0.25) is 4.79 Å². The second-order valence-electron chi connectivity index (χ2n) is 6.18. The number of aliphatic carboxylic acids is 1. The molecule has 0 amide bonds. The number of hydrogen-bond acceptors (Lipinski definition) is 3. The molecule has 4 nitrogen and oxygen atoms in total. The lowest BCUT2D eigenvalue weighted by atomic mass is 9.68. The lowest BCUT2D eigenvalue weighted by molar-refractivity contribution is -0.145. The van der Waals surface area contributed by atoms with E-state index in [9.17, 15) is 9.90 Å². The highest BCUT2D eigenvalue weighted by Gasteiger charge is 2.44. The van der Waals surface area contributed by atoms with E-state index in [1.807, 2.05) is 30.3 Å². The summed E-state index contributed by atoms with van der Waals surface area (Å²) < 4.78 is 10.9. The minimum atomic E-state index is -0.879. The first kappa shape index (κ1) is 15.7. The van der Waals surface area contributed by atoms with Gasteiger partial charge in [-0.2, -0.15) is 0 Å². The third-order valence-electron chi connectivity index (χ3n) is 5.01. The van der Waals surface area contributed by atoms with Crippen LogP contribution in [0.1, 0.15) is 37.7 Å². The van der Waals surface area contributed by atoms with Crippen LogP contribution in [0.5, 0.6) is 11.5 Å². The van der Waals surface area contributed by atoms with Crippen molar-refractivity contribution in [2.75, 3.05) is 14.2 Å². The number of carboxylic acids is 1. The van der Waals surface area contributed by atoms with Crippen LogP contribution in [0.4, 0.5) is 0 Å². The zero-order valence-corrected chi connectivity index (χ0v) is 13.6. The number of methoxy groups -OCH3 is 2. The van der Waals surface area contributed by atoms with Crippen LogP contribution in [0.2, 0.25) is 0 Å². The molecule has 1 saturated carbocycles. The van der Waals surface area contributed by atoms with Gasteiger partial charge in [0.2, 0.25) is 0 Å². The molecule has 0 aromatic heterocycles. The average Bonchev–Trinajstić information content (AvgIpc) is 2.60. The largest absolute Gasteiger partial charge is 0.497 e. The molecule has 2 aromatic rings. The van der Waals surface area contributed by atoms with E-state index >= 15 is 0 Å². The first-order valence-corrected chi connectivity index (χ1v) is 8.01. The van der Waals surface area contributed by atoms with Crippen molar-refractivity contribution < 1.29 is 19.4 Å². The number of benzene rings is 2. The molecule has 0 heterocycles. The minimum Gasteiger partial charge on any atom is -0.497 e. The summed E-state index contributed by atoms with van der Waals surface area (Å²) in [6.45, 7) is 0. The molecule has 0 atom stereocenters. The van der Waals surface area contributed by atoms with Gasteiger partial charge < -0.3 is 14.6 Å². The van der Waals surface area contributed by atoms with E-state index in [2.05, 4.69) is 0 Å². The Morgan fingerprint density at radius 2 is 1.74 bits per heavy atom. The van der Waals surface area contributed by atoms with E-state index in [1.165, 1.54) is 0 Å². The maximum atomic E-state index is 12.3. The predicted molar refractivity (Wildman–Crippen MR) is 89.5 cm³/mol. The normalized spacial score (nSPS) is 17.0. The molecule has 0 aliphatic heterocycles. The summed E-state index contributed by atoms with van der Waals surface area (Å²) in [5.41, 5.74) is -0.0845. The Morgan fingerprint density at radius 3 is 2.35 bits per heavy atom. The molecule has 1 N–H and O–H groups in total. The van der Waals surface area contributed by atoms with Gasteiger partial charge in [0.05, 0.1) is 19.6 Å². The van der Waals surface area contributed by atoms with Gasteiger partial charge in [0.15, 0.2) is 0 Å². The highest BCUT2D eigenvalue weighted by atomic mass is 16.5. The Hall–Kier alpha value is -2.23. The molecule has 1 fully saturated rings.